The highest BCUT2D eigenvalue weighted by atomic mass is 16.7. The van der Waals surface area contributed by atoms with E-state index in [0.29, 0.717) is 0 Å². The fourth-order valence-corrected chi connectivity index (χ4v) is 5.15. The minimum Gasteiger partial charge on any atom is -0.507 e. The molecule has 7 unspecified atom stereocenters. The zero-order chi connectivity index (χ0) is 33.0. The van der Waals surface area contributed by atoms with Crippen LogP contribution in [0.15, 0.2) is 83.7 Å². The molecule has 0 radical (unpaired) electrons. The first kappa shape index (κ1) is 36.6. The topological polar surface area (TPSA) is 154 Å². The highest BCUT2D eigenvalue weighted by molar-refractivity contribution is 6.27. The van der Waals surface area contributed by atoms with Gasteiger partial charge in [0.2, 0.25) is 0 Å². The van der Waals surface area contributed by atoms with Crippen molar-refractivity contribution >= 4 is 17.7 Å². The summed E-state index contributed by atoms with van der Waals surface area (Å²) in [6.07, 6.45) is 16.4. The second-order valence-electron chi connectivity index (χ2n) is 11.5. The highest BCUT2D eigenvalue weighted by Crippen LogP contribution is 2.28. The SMILES string of the molecule is CC(C=CC=CC=CC=CC=C/C(O)=C1/C(=O)C(CCC(=O)O)N(C)C1=O)=CC(C)C(OC1CC(O)C(O)C(C)O1)C(C)C. The number of ketones is 1. The van der Waals surface area contributed by atoms with Gasteiger partial charge in [-0.3, -0.25) is 14.4 Å². The van der Waals surface area contributed by atoms with Crippen LogP contribution in [0, 0.1) is 11.8 Å². The zero-order valence-corrected chi connectivity index (χ0v) is 26.4. The van der Waals surface area contributed by atoms with E-state index in [1.807, 2.05) is 37.3 Å². The number of hydrogen-bond acceptors (Lipinski definition) is 8. The van der Waals surface area contributed by atoms with Gasteiger partial charge in [0.1, 0.15) is 17.4 Å². The van der Waals surface area contributed by atoms with Crippen LogP contribution >= 0.6 is 0 Å². The number of aliphatic hydroxyl groups excluding tert-OH is 3. The van der Waals surface area contributed by atoms with Gasteiger partial charge in [-0.1, -0.05) is 87.1 Å². The van der Waals surface area contributed by atoms with Crippen LogP contribution in [0.5, 0.6) is 0 Å². The number of aliphatic carboxylic acids is 1. The number of hydrogen-bond donors (Lipinski definition) is 4. The van der Waals surface area contributed by atoms with Gasteiger partial charge in [0.05, 0.1) is 24.4 Å². The van der Waals surface area contributed by atoms with Crippen LogP contribution in [0.2, 0.25) is 0 Å². The molecule has 2 aliphatic rings. The Bertz CT molecular complexity index is 1210. The van der Waals surface area contributed by atoms with E-state index in [1.165, 1.54) is 19.2 Å². The lowest BCUT2D eigenvalue weighted by Gasteiger charge is -2.38. The van der Waals surface area contributed by atoms with Gasteiger partial charge in [0.25, 0.3) is 5.91 Å². The zero-order valence-electron chi connectivity index (χ0n) is 26.4. The molecule has 0 aromatic heterocycles. The van der Waals surface area contributed by atoms with E-state index in [4.69, 9.17) is 14.6 Å². The number of rotatable bonds is 14. The number of likely N-dealkylation sites (N-methyl/N-ethyl adjacent to an activating group) is 1. The molecule has 1 amide bonds. The summed E-state index contributed by atoms with van der Waals surface area (Å²) < 4.78 is 12.0. The maximum Gasteiger partial charge on any atom is 0.303 e. The predicted octanol–water partition coefficient (Wildman–Crippen LogP) is 4.33. The van der Waals surface area contributed by atoms with E-state index in [0.717, 1.165) is 10.5 Å². The summed E-state index contributed by atoms with van der Waals surface area (Å²) in [6.45, 7) is 9.97. The standard InChI is InChI=1S/C34H47NO9/c1-21(2)33(44-29-20-27(37)31(40)24(5)43-29)23(4)19-22(3)15-13-11-9-7-8-10-12-14-16-26(36)30-32(41)25(17-18-28(38)39)35(6)34(30)42/h7-16,19,21,23-25,27,29,31,33,36-37,40H,17-18,20H2,1-6H3,(H,38,39)/b8-7?,11-9?,12-10?,15-13?,16-14?,22-19?,30-26+. The number of Topliss-reactive ketones (excluding diaryl/α,β-unsaturated/α-hetero) is 1. The Kier molecular flexibility index (Phi) is 14.7. The van der Waals surface area contributed by atoms with Crippen molar-refractivity contribution in [3.05, 3.63) is 83.7 Å². The third-order valence-electron chi connectivity index (χ3n) is 7.52. The first-order chi connectivity index (χ1) is 20.7. The Labute approximate surface area is 260 Å². The number of amides is 1. The lowest BCUT2D eigenvalue weighted by atomic mass is 9.92. The number of nitrogens with zero attached hydrogens (tertiary/aromatic N) is 1. The molecule has 2 fully saturated rings. The molecule has 2 saturated heterocycles. The van der Waals surface area contributed by atoms with Crippen LogP contribution in [0.25, 0.3) is 0 Å². The molecule has 2 rings (SSSR count). The van der Waals surface area contributed by atoms with Crippen molar-refractivity contribution in [3.8, 4) is 0 Å². The summed E-state index contributed by atoms with van der Waals surface area (Å²) >= 11 is 0. The molecule has 2 aliphatic heterocycles. The Hall–Kier alpha value is -3.57. The quantitative estimate of drug-likeness (QED) is 0.0970. The largest absolute Gasteiger partial charge is 0.507 e. The predicted molar refractivity (Wildman–Crippen MR) is 167 cm³/mol. The number of carbonyl (C=O) groups is 3. The number of carbonyl (C=O) groups excluding carboxylic acids is 2. The van der Waals surface area contributed by atoms with Gasteiger partial charge in [0.15, 0.2) is 12.1 Å². The minimum atomic E-state index is -1.06. The van der Waals surface area contributed by atoms with E-state index in [9.17, 15) is 29.7 Å². The van der Waals surface area contributed by atoms with Crippen LogP contribution in [0.1, 0.15) is 53.9 Å². The van der Waals surface area contributed by atoms with E-state index >= 15 is 0 Å². The van der Waals surface area contributed by atoms with Crippen molar-refractivity contribution in [1.82, 2.24) is 4.90 Å². The molecule has 0 aliphatic carbocycles. The third-order valence-corrected chi connectivity index (χ3v) is 7.52. The van der Waals surface area contributed by atoms with Crippen molar-refractivity contribution in [2.45, 2.75) is 90.6 Å². The molecule has 10 nitrogen and oxygen atoms in total. The minimum absolute atomic E-state index is 0.0119. The van der Waals surface area contributed by atoms with Crippen molar-refractivity contribution in [3.63, 3.8) is 0 Å². The second-order valence-corrected chi connectivity index (χ2v) is 11.5. The first-order valence-corrected chi connectivity index (χ1v) is 14.9. The molecule has 0 aromatic rings. The molecule has 0 bridgehead atoms. The summed E-state index contributed by atoms with van der Waals surface area (Å²) in [7, 11) is 1.41. The monoisotopic (exact) mass is 613 g/mol. The van der Waals surface area contributed by atoms with Crippen molar-refractivity contribution < 1.29 is 44.3 Å². The van der Waals surface area contributed by atoms with Crippen LogP contribution in [-0.4, -0.2) is 86.8 Å². The molecule has 7 atom stereocenters. The smallest absolute Gasteiger partial charge is 0.303 e. The van der Waals surface area contributed by atoms with Crippen molar-refractivity contribution in [2.24, 2.45) is 11.8 Å². The summed E-state index contributed by atoms with van der Waals surface area (Å²) in [5, 5.41) is 39.1. The van der Waals surface area contributed by atoms with Crippen LogP contribution in [-0.2, 0) is 23.9 Å². The molecule has 44 heavy (non-hydrogen) atoms. The average molecular weight is 614 g/mol. The van der Waals surface area contributed by atoms with Crippen LogP contribution in [0.3, 0.4) is 0 Å². The van der Waals surface area contributed by atoms with Crippen LogP contribution in [0.4, 0.5) is 0 Å². The molecule has 0 spiro atoms. The molecular weight excluding hydrogens is 566 g/mol. The van der Waals surface area contributed by atoms with E-state index in [2.05, 4.69) is 26.8 Å². The van der Waals surface area contributed by atoms with Gasteiger partial charge in [0, 0.05) is 25.8 Å². The Balaban J connectivity index is 1.87. The molecule has 4 N–H and O–H groups in total. The Morgan fingerprint density at radius 3 is 2.11 bits per heavy atom. The second kappa shape index (κ2) is 17.7. The number of carboxylic acids is 1. The number of likely N-dealkylation sites (tertiary alicyclic amines) is 1. The lowest BCUT2D eigenvalue weighted by molar-refractivity contribution is -0.267. The normalized spacial score (nSPS) is 28.2. The van der Waals surface area contributed by atoms with E-state index in [1.54, 1.807) is 25.2 Å². The average Bonchev–Trinajstić information content (AvgIpc) is 3.16. The maximum absolute atomic E-state index is 12.5. The summed E-state index contributed by atoms with van der Waals surface area (Å²) in [5.41, 5.74) is 0.726. The third kappa shape index (κ3) is 10.9. The summed E-state index contributed by atoms with van der Waals surface area (Å²) in [6, 6.07) is -0.894. The van der Waals surface area contributed by atoms with Gasteiger partial charge >= 0.3 is 5.97 Å². The fraction of sp³-hybridized carbons (Fsp3) is 0.500. The molecule has 0 saturated carbocycles. The lowest BCUT2D eigenvalue weighted by Crippen LogP contribution is -2.49. The van der Waals surface area contributed by atoms with E-state index in [-0.39, 0.29) is 42.8 Å². The van der Waals surface area contributed by atoms with Crippen molar-refractivity contribution in [1.29, 1.82) is 0 Å². The van der Waals surface area contributed by atoms with Gasteiger partial charge in [-0.2, -0.15) is 0 Å². The molecule has 242 valence electrons. The molecule has 10 heteroatoms. The molecule has 2 heterocycles. The van der Waals surface area contributed by atoms with Gasteiger partial charge in [-0.15, -0.1) is 0 Å². The Morgan fingerprint density at radius 2 is 1.57 bits per heavy atom. The van der Waals surface area contributed by atoms with Gasteiger partial charge in [-0.05, 0) is 32.3 Å². The molecule has 0 aromatic carbocycles. The van der Waals surface area contributed by atoms with Gasteiger partial charge < -0.3 is 34.8 Å². The summed E-state index contributed by atoms with van der Waals surface area (Å²) in [4.78, 5) is 36.9. The Morgan fingerprint density at radius 1 is 1.00 bits per heavy atom. The van der Waals surface area contributed by atoms with Gasteiger partial charge in [-0.25, -0.2) is 0 Å². The highest BCUT2D eigenvalue weighted by Gasteiger charge is 2.42. The number of carboxylic acid groups (broad SMARTS) is 1. The first-order valence-electron chi connectivity index (χ1n) is 14.9. The van der Waals surface area contributed by atoms with Crippen LogP contribution < -0.4 is 0 Å². The number of ether oxygens (including phenoxy) is 2. The summed E-state index contributed by atoms with van der Waals surface area (Å²) in [5.74, 6) is -2.43. The fourth-order valence-electron chi connectivity index (χ4n) is 5.15. The number of aliphatic hydroxyl groups is 3. The van der Waals surface area contributed by atoms with Crippen molar-refractivity contribution in [2.75, 3.05) is 7.05 Å². The van der Waals surface area contributed by atoms with E-state index < -0.39 is 54.1 Å². The maximum atomic E-state index is 12.5. The number of allylic oxidation sites excluding steroid dienone is 11. The molecular formula is C34H47NO9.